The van der Waals surface area contributed by atoms with E-state index in [0.717, 1.165) is 37.1 Å². The van der Waals surface area contributed by atoms with Gasteiger partial charge in [-0.3, -0.25) is 9.59 Å². The molecule has 1 N–H and O–H groups in total. The second kappa shape index (κ2) is 8.83. The standard InChI is InChI=1S/C21H26N4O5/c1-13(26)28-18-11-15(12-19(18)29-14(2)27)30-20-16-5-3-4-6-17(16)23-21(24-20)25-9-7-22-8-10-25/h3-6,15,18-19,22H,7-12H2,1-2H3/t15?,18-,19+. The number of esters is 2. The third-order valence-electron chi connectivity index (χ3n) is 5.27. The van der Waals surface area contributed by atoms with Crippen LogP contribution >= 0.6 is 0 Å². The van der Waals surface area contributed by atoms with Crippen LogP contribution in [0.5, 0.6) is 5.88 Å². The zero-order valence-electron chi connectivity index (χ0n) is 17.2. The summed E-state index contributed by atoms with van der Waals surface area (Å²) in [4.78, 5) is 34.5. The van der Waals surface area contributed by atoms with Crippen molar-refractivity contribution in [2.45, 2.75) is 45.0 Å². The Morgan fingerprint density at radius 1 is 1.00 bits per heavy atom. The first-order valence-corrected chi connectivity index (χ1v) is 10.2. The first kappa shape index (κ1) is 20.3. The summed E-state index contributed by atoms with van der Waals surface area (Å²) < 4.78 is 17.0. The number of hydrogen-bond donors (Lipinski definition) is 1. The first-order chi connectivity index (χ1) is 14.5. The highest BCUT2D eigenvalue weighted by Crippen LogP contribution is 2.32. The summed E-state index contributed by atoms with van der Waals surface area (Å²) in [6.07, 6.45) is -0.500. The number of ether oxygens (including phenoxy) is 3. The molecule has 4 rings (SSSR count). The molecule has 0 bridgehead atoms. The average Bonchev–Trinajstić information content (AvgIpc) is 3.07. The fourth-order valence-electron chi connectivity index (χ4n) is 3.98. The number of aromatic nitrogens is 2. The highest BCUT2D eigenvalue weighted by atomic mass is 16.6. The molecule has 0 amide bonds. The Hall–Kier alpha value is -2.94. The molecule has 30 heavy (non-hydrogen) atoms. The van der Waals surface area contributed by atoms with Gasteiger partial charge in [-0.15, -0.1) is 0 Å². The van der Waals surface area contributed by atoms with Crippen molar-refractivity contribution in [2.75, 3.05) is 31.1 Å². The Labute approximate surface area is 174 Å². The molecular formula is C21H26N4O5. The lowest BCUT2D eigenvalue weighted by molar-refractivity contribution is -0.162. The SMILES string of the molecule is CC(=O)O[C@H]1CC(Oc2nc(N3CCNCC3)nc3ccccc23)C[C@H]1OC(C)=O. The summed E-state index contributed by atoms with van der Waals surface area (Å²) in [5, 5.41) is 4.14. The summed E-state index contributed by atoms with van der Waals surface area (Å²) in [6, 6.07) is 7.71. The van der Waals surface area contributed by atoms with Gasteiger partial charge in [0.15, 0.2) is 0 Å². The normalized spacial score (nSPS) is 23.9. The third-order valence-corrected chi connectivity index (χ3v) is 5.27. The van der Waals surface area contributed by atoms with E-state index in [4.69, 9.17) is 24.2 Å². The highest BCUT2D eigenvalue weighted by Gasteiger charge is 2.40. The zero-order chi connectivity index (χ0) is 21.1. The van der Waals surface area contributed by atoms with Crippen molar-refractivity contribution in [1.82, 2.24) is 15.3 Å². The van der Waals surface area contributed by atoms with Gasteiger partial charge in [-0.05, 0) is 12.1 Å². The maximum absolute atomic E-state index is 11.5. The maximum Gasteiger partial charge on any atom is 0.303 e. The Balaban J connectivity index is 1.59. The molecule has 1 saturated heterocycles. The number of carbonyl (C=O) groups excluding carboxylic acids is 2. The van der Waals surface area contributed by atoms with Crippen LogP contribution in [0.15, 0.2) is 24.3 Å². The van der Waals surface area contributed by atoms with Crippen LogP contribution in [0.3, 0.4) is 0 Å². The predicted molar refractivity (Wildman–Crippen MR) is 109 cm³/mol. The number of fused-ring (bicyclic) bond motifs is 1. The van der Waals surface area contributed by atoms with E-state index in [1.165, 1.54) is 13.8 Å². The molecule has 2 aromatic rings. The largest absolute Gasteiger partial charge is 0.473 e. The van der Waals surface area contributed by atoms with Crippen molar-refractivity contribution in [2.24, 2.45) is 0 Å². The molecule has 1 aliphatic heterocycles. The second-order valence-corrected chi connectivity index (χ2v) is 7.59. The molecule has 160 valence electrons. The van der Waals surface area contributed by atoms with Crippen molar-refractivity contribution >= 4 is 28.8 Å². The van der Waals surface area contributed by atoms with E-state index in [0.29, 0.717) is 24.7 Å². The van der Waals surface area contributed by atoms with Gasteiger partial charge in [0.25, 0.3) is 0 Å². The van der Waals surface area contributed by atoms with Crippen LogP contribution in [-0.4, -0.2) is 66.4 Å². The van der Waals surface area contributed by atoms with Gasteiger partial charge < -0.3 is 24.4 Å². The second-order valence-electron chi connectivity index (χ2n) is 7.59. The molecule has 3 atom stereocenters. The predicted octanol–water partition coefficient (Wildman–Crippen LogP) is 1.44. The summed E-state index contributed by atoms with van der Waals surface area (Å²) in [6.45, 7) is 6.09. The highest BCUT2D eigenvalue weighted by molar-refractivity contribution is 5.84. The van der Waals surface area contributed by atoms with Crippen molar-refractivity contribution in [3.05, 3.63) is 24.3 Å². The molecule has 1 unspecified atom stereocenters. The van der Waals surface area contributed by atoms with Gasteiger partial charge >= 0.3 is 11.9 Å². The number of hydrogen-bond acceptors (Lipinski definition) is 9. The summed E-state index contributed by atoms with van der Waals surface area (Å²) in [5.41, 5.74) is 0.808. The summed E-state index contributed by atoms with van der Waals surface area (Å²) in [7, 11) is 0. The lowest BCUT2D eigenvalue weighted by Gasteiger charge is -2.28. The molecule has 1 saturated carbocycles. The molecular weight excluding hydrogens is 388 g/mol. The Morgan fingerprint density at radius 2 is 1.63 bits per heavy atom. The van der Waals surface area contributed by atoms with E-state index in [2.05, 4.69) is 10.2 Å². The molecule has 1 aromatic carbocycles. The lowest BCUT2D eigenvalue weighted by Crippen LogP contribution is -2.44. The van der Waals surface area contributed by atoms with Gasteiger partial charge in [-0.25, -0.2) is 4.98 Å². The van der Waals surface area contributed by atoms with Crippen molar-refractivity contribution in [1.29, 1.82) is 0 Å². The first-order valence-electron chi connectivity index (χ1n) is 10.2. The van der Waals surface area contributed by atoms with Gasteiger partial charge in [-0.2, -0.15) is 4.98 Å². The molecule has 9 heteroatoms. The number of nitrogens with zero attached hydrogens (tertiary/aromatic N) is 3. The van der Waals surface area contributed by atoms with Crippen molar-refractivity contribution in [3.63, 3.8) is 0 Å². The number of piperazine rings is 1. The number of rotatable bonds is 5. The van der Waals surface area contributed by atoms with Gasteiger partial charge in [-0.1, -0.05) is 12.1 Å². The smallest absolute Gasteiger partial charge is 0.303 e. The van der Waals surface area contributed by atoms with E-state index in [9.17, 15) is 9.59 Å². The van der Waals surface area contributed by atoms with E-state index >= 15 is 0 Å². The molecule has 2 heterocycles. The molecule has 9 nitrogen and oxygen atoms in total. The Bertz CT molecular complexity index is 907. The van der Waals surface area contributed by atoms with Crippen LogP contribution in [0.1, 0.15) is 26.7 Å². The summed E-state index contributed by atoms with van der Waals surface area (Å²) >= 11 is 0. The number of anilines is 1. The number of benzene rings is 1. The lowest BCUT2D eigenvalue weighted by atomic mass is 10.2. The van der Waals surface area contributed by atoms with E-state index in [1.807, 2.05) is 24.3 Å². The topological polar surface area (TPSA) is 103 Å². The fourth-order valence-corrected chi connectivity index (χ4v) is 3.98. The molecule has 2 aliphatic rings. The quantitative estimate of drug-likeness (QED) is 0.728. The van der Waals surface area contributed by atoms with Crippen LogP contribution in [0.4, 0.5) is 5.95 Å². The van der Waals surface area contributed by atoms with E-state index in [-0.39, 0.29) is 6.10 Å². The molecule has 1 aliphatic carbocycles. The average molecular weight is 414 g/mol. The van der Waals surface area contributed by atoms with Crippen molar-refractivity contribution in [3.8, 4) is 5.88 Å². The van der Waals surface area contributed by atoms with Crippen LogP contribution in [0, 0.1) is 0 Å². The molecule has 0 radical (unpaired) electrons. The van der Waals surface area contributed by atoms with E-state index < -0.39 is 24.1 Å². The van der Waals surface area contributed by atoms with Gasteiger partial charge in [0.2, 0.25) is 11.8 Å². The minimum absolute atomic E-state index is 0.298. The maximum atomic E-state index is 11.5. The monoisotopic (exact) mass is 414 g/mol. The van der Waals surface area contributed by atoms with Crippen LogP contribution in [0.2, 0.25) is 0 Å². The number of nitrogens with one attached hydrogen (secondary N) is 1. The van der Waals surface area contributed by atoms with Gasteiger partial charge in [0.1, 0.15) is 18.3 Å². The number of carbonyl (C=O) groups is 2. The van der Waals surface area contributed by atoms with Gasteiger partial charge in [0, 0.05) is 52.9 Å². The van der Waals surface area contributed by atoms with Crippen LogP contribution < -0.4 is 15.0 Å². The minimum Gasteiger partial charge on any atom is -0.473 e. The van der Waals surface area contributed by atoms with Crippen LogP contribution in [-0.2, 0) is 19.1 Å². The molecule has 2 fully saturated rings. The Kier molecular flexibility index (Phi) is 5.98. The fraction of sp³-hybridized carbons (Fsp3) is 0.524. The zero-order valence-corrected chi connectivity index (χ0v) is 17.2. The van der Waals surface area contributed by atoms with E-state index in [1.54, 1.807) is 0 Å². The van der Waals surface area contributed by atoms with Gasteiger partial charge in [0.05, 0.1) is 10.9 Å². The molecule has 0 spiro atoms. The number of para-hydroxylation sites is 1. The molecule has 1 aromatic heterocycles. The Morgan fingerprint density at radius 3 is 2.27 bits per heavy atom. The summed E-state index contributed by atoms with van der Waals surface area (Å²) in [5.74, 6) is 0.304. The van der Waals surface area contributed by atoms with Crippen molar-refractivity contribution < 1.29 is 23.8 Å². The minimum atomic E-state index is -0.530. The third kappa shape index (κ3) is 4.62. The van der Waals surface area contributed by atoms with Crippen LogP contribution in [0.25, 0.3) is 10.9 Å².